The molecule has 0 amide bonds. The normalized spacial score (nSPS) is 0. The summed E-state index contributed by atoms with van der Waals surface area (Å²) in [4.78, 5) is 0. The van der Waals surface area contributed by atoms with E-state index in [4.69, 9.17) is 0 Å². The molecule has 0 saturated heterocycles. The van der Waals surface area contributed by atoms with Gasteiger partial charge in [0, 0.05) is 38.1 Å². The van der Waals surface area contributed by atoms with Crippen molar-refractivity contribution >= 4 is 37.2 Å². The molecule has 0 heterocycles. The summed E-state index contributed by atoms with van der Waals surface area (Å²) in [7, 11) is 0. The molecule has 0 aromatic rings. The molecule has 29 valence electrons. The minimum absolute atomic E-state index is 0. The van der Waals surface area contributed by atoms with Crippen LogP contribution in [0.2, 0.25) is 0 Å². The van der Waals surface area contributed by atoms with Crippen LogP contribution in [0.1, 0.15) is 0 Å². The van der Waals surface area contributed by atoms with E-state index < -0.39 is 0 Å². The second-order valence-electron chi connectivity index (χ2n) is 0. The largest absolute Gasteiger partial charge is 0.0125 e. The third-order valence-corrected chi connectivity index (χ3v) is 0. The molecule has 4 heteroatoms. The fourth-order valence-electron chi connectivity index (χ4n) is 0. The van der Waals surface area contributed by atoms with Crippen LogP contribution in [0.25, 0.3) is 0 Å². The van der Waals surface area contributed by atoms with Crippen LogP contribution in [0, 0.1) is 0 Å². The number of rotatable bonds is 0. The third-order valence-electron chi connectivity index (χ3n) is 0. The van der Waals surface area contributed by atoms with Crippen molar-refractivity contribution in [2.24, 2.45) is 0 Å². The fraction of sp³-hybridized carbons (Fsp3) is 0. The molecule has 0 aliphatic rings. The van der Waals surface area contributed by atoms with Gasteiger partial charge in [-0.05, 0) is 11.0 Å². The summed E-state index contributed by atoms with van der Waals surface area (Å²) < 4.78 is 0. The Kier molecular flexibility index (Phi) is 154. The zero-order chi connectivity index (χ0) is 0. The summed E-state index contributed by atoms with van der Waals surface area (Å²) in [6.45, 7) is 0. The first kappa shape index (κ1) is 33.4. The molecule has 0 aliphatic carbocycles. The Balaban J connectivity index is 0. The van der Waals surface area contributed by atoms with E-state index in [-0.39, 0.29) is 75.3 Å². The molecule has 1 radical (unpaired) electrons. The van der Waals surface area contributed by atoms with E-state index in [0.29, 0.717) is 0 Å². The maximum absolute atomic E-state index is 0. The maximum atomic E-state index is 0. The van der Waals surface area contributed by atoms with Gasteiger partial charge in [0.15, 0.2) is 0 Å². The average Bonchev–Trinajstić information content (AvgIpc) is 0. The third kappa shape index (κ3) is 8.85. The van der Waals surface area contributed by atoms with E-state index in [1.165, 1.54) is 0 Å². The zero-order valence-electron chi connectivity index (χ0n) is 2.47. The molecule has 0 aromatic carbocycles. The Labute approximate surface area is 74.4 Å². The standard InChI is InChI=1S/Bi.Fe.Mo.H3Si.3H/h;;;1H3;;;. The summed E-state index contributed by atoms with van der Waals surface area (Å²) in [5.41, 5.74) is 0. The minimum atomic E-state index is 0. The van der Waals surface area contributed by atoms with Crippen LogP contribution in [0.4, 0.5) is 0 Å². The van der Waals surface area contributed by atoms with Gasteiger partial charge >= 0.3 is 26.2 Å². The molecule has 0 N–H and O–H groups in total. The Bertz CT molecular complexity index is 8.00. The summed E-state index contributed by atoms with van der Waals surface area (Å²) >= 11 is 0. The second-order valence-corrected chi connectivity index (χ2v) is 0. The Morgan fingerprint density at radius 2 is 1.00 bits per heavy atom. The fourth-order valence-corrected chi connectivity index (χ4v) is 0. The molecule has 0 atom stereocenters. The quantitative estimate of drug-likeness (QED) is 0.403. The molecule has 0 fully saturated rings. The number of hydrogen-bond donors (Lipinski definition) is 0. The first-order valence-corrected chi connectivity index (χ1v) is 0. The molecular formula is H6BiFeMoSi. The van der Waals surface area contributed by atoms with Crippen molar-refractivity contribution in [1.29, 1.82) is 0 Å². The predicted molar refractivity (Wildman–Crippen MR) is 19.9 cm³/mol. The van der Waals surface area contributed by atoms with Gasteiger partial charge in [0.2, 0.25) is 0 Å². The molecule has 0 unspecified atom stereocenters. The van der Waals surface area contributed by atoms with E-state index in [2.05, 4.69) is 0 Å². The van der Waals surface area contributed by atoms with Gasteiger partial charge in [-0.2, -0.15) is 0 Å². The summed E-state index contributed by atoms with van der Waals surface area (Å²) in [5.74, 6) is 0. The Hall–Kier alpha value is 2.31. The van der Waals surface area contributed by atoms with Crippen LogP contribution in [0.15, 0.2) is 0 Å². The second kappa shape index (κ2) is 18.5. The van der Waals surface area contributed by atoms with Crippen LogP contribution >= 0.6 is 0 Å². The Morgan fingerprint density at radius 1 is 1.00 bits per heavy atom. The molecule has 4 heavy (non-hydrogen) atoms. The van der Waals surface area contributed by atoms with E-state index in [9.17, 15) is 0 Å². The van der Waals surface area contributed by atoms with Crippen molar-refractivity contribution in [3.63, 3.8) is 0 Å². The van der Waals surface area contributed by atoms with Crippen LogP contribution in [-0.4, -0.2) is 37.2 Å². The first-order chi connectivity index (χ1) is 0. The maximum Gasteiger partial charge on any atom is 0 e. The van der Waals surface area contributed by atoms with Gasteiger partial charge in [-0.15, -0.1) is 0 Å². The first-order valence-electron chi connectivity index (χ1n) is 0. The van der Waals surface area contributed by atoms with E-state index >= 15 is 0 Å². The van der Waals surface area contributed by atoms with Crippen molar-refractivity contribution in [2.75, 3.05) is 0 Å². The summed E-state index contributed by atoms with van der Waals surface area (Å²) in [5, 5.41) is 0. The van der Waals surface area contributed by atoms with Gasteiger partial charge in [0.05, 0.1) is 0 Å². The van der Waals surface area contributed by atoms with Crippen molar-refractivity contribution < 1.29 is 38.1 Å². The molecule has 0 aliphatic heterocycles. The smallest absolute Gasteiger partial charge is 0 e. The monoisotopic (exact) mass is 397 g/mol. The topological polar surface area (TPSA) is 0 Å². The SMILES string of the molecule is [BiH3].[Fe].[Mo].[SiH3]. The van der Waals surface area contributed by atoms with Crippen molar-refractivity contribution in [3.8, 4) is 0 Å². The van der Waals surface area contributed by atoms with Crippen molar-refractivity contribution in [3.05, 3.63) is 0 Å². The van der Waals surface area contributed by atoms with Crippen LogP contribution in [0.5, 0.6) is 0 Å². The van der Waals surface area contributed by atoms with Crippen molar-refractivity contribution in [2.45, 2.75) is 0 Å². The number of hydrogen-bond acceptors (Lipinski definition) is 0. The van der Waals surface area contributed by atoms with Gasteiger partial charge in [-0.25, -0.2) is 0 Å². The summed E-state index contributed by atoms with van der Waals surface area (Å²) in [6.07, 6.45) is 0. The van der Waals surface area contributed by atoms with E-state index in [1.54, 1.807) is 0 Å². The molecule has 0 rings (SSSR count). The summed E-state index contributed by atoms with van der Waals surface area (Å²) in [6, 6.07) is 0. The minimum Gasteiger partial charge on any atom is -0.0125 e. The molecule has 0 nitrogen and oxygen atoms in total. The molecule has 0 aromatic heterocycles. The van der Waals surface area contributed by atoms with Gasteiger partial charge in [0.25, 0.3) is 0 Å². The van der Waals surface area contributed by atoms with Crippen LogP contribution in [-0.2, 0) is 38.1 Å². The van der Waals surface area contributed by atoms with Gasteiger partial charge in [-0.3, -0.25) is 0 Å². The van der Waals surface area contributed by atoms with Crippen LogP contribution < -0.4 is 0 Å². The zero-order valence-corrected chi connectivity index (χ0v) is 13.1. The van der Waals surface area contributed by atoms with Gasteiger partial charge < -0.3 is 0 Å². The van der Waals surface area contributed by atoms with E-state index in [0.717, 1.165) is 0 Å². The van der Waals surface area contributed by atoms with Gasteiger partial charge in [-0.1, -0.05) is 0 Å². The molecular weight excluding hydrogens is 389 g/mol. The Morgan fingerprint density at radius 3 is 1.00 bits per heavy atom. The van der Waals surface area contributed by atoms with Crippen molar-refractivity contribution in [1.82, 2.24) is 0 Å². The van der Waals surface area contributed by atoms with Gasteiger partial charge in [0.1, 0.15) is 0 Å². The molecule has 0 bridgehead atoms. The van der Waals surface area contributed by atoms with Crippen LogP contribution in [0.3, 0.4) is 0 Å². The predicted octanol–water partition coefficient (Wildman–Crippen LogP) is -2.37. The average molecular weight is 395 g/mol. The molecule has 0 spiro atoms. The van der Waals surface area contributed by atoms with E-state index in [1.807, 2.05) is 0 Å². The molecule has 0 saturated carbocycles.